The van der Waals surface area contributed by atoms with Gasteiger partial charge in [-0.1, -0.05) is 35.9 Å². The highest BCUT2D eigenvalue weighted by atomic mass is 16.5. The van der Waals surface area contributed by atoms with E-state index in [9.17, 15) is 4.79 Å². The monoisotopic (exact) mass is 397 g/mol. The maximum absolute atomic E-state index is 12.1. The van der Waals surface area contributed by atoms with Crippen LogP contribution < -0.4 is 10.2 Å². The Morgan fingerprint density at radius 2 is 1.90 bits per heavy atom. The van der Waals surface area contributed by atoms with E-state index in [1.807, 2.05) is 68.4 Å². The summed E-state index contributed by atoms with van der Waals surface area (Å²) in [6.07, 6.45) is 1.89. The van der Waals surface area contributed by atoms with Crippen LogP contribution in [-0.4, -0.2) is 12.1 Å². The number of nitriles is 1. The topological polar surface area (TPSA) is 74.5 Å². The maximum atomic E-state index is 12.1. The van der Waals surface area contributed by atoms with Crippen LogP contribution in [-0.2, 0) is 17.8 Å². The third-order valence-corrected chi connectivity index (χ3v) is 4.59. The minimum atomic E-state index is -0.155. The summed E-state index contributed by atoms with van der Waals surface area (Å²) in [5.41, 5.74) is 8.24. The van der Waals surface area contributed by atoms with Crippen molar-refractivity contribution in [1.82, 2.24) is 5.43 Å². The number of amides is 1. The Labute approximate surface area is 176 Å². The molecule has 0 bridgehead atoms. The Balaban J connectivity index is 1.49. The molecular formula is C25H23N3O2. The van der Waals surface area contributed by atoms with Gasteiger partial charge in [0.2, 0.25) is 5.91 Å². The van der Waals surface area contributed by atoms with E-state index in [-0.39, 0.29) is 5.91 Å². The van der Waals surface area contributed by atoms with Crippen LogP contribution in [0, 0.1) is 25.2 Å². The number of carbonyl (C=O) groups excluding carboxylic acids is 1. The van der Waals surface area contributed by atoms with Crippen LogP contribution in [0.2, 0.25) is 0 Å². The van der Waals surface area contributed by atoms with Gasteiger partial charge in [-0.25, -0.2) is 5.43 Å². The van der Waals surface area contributed by atoms with E-state index < -0.39 is 0 Å². The van der Waals surface area contributed by atoms with Crippen molar-refractivity contribution in [2.75, 3.05) is 0 Å². The minimum absolute atomic E-state index is 0.155. The molecule has 0 spiro atoms. The summed E-state index contributed by atoms with van der Waals surface area (Å²) in [7, 11) is 0. The normalized spacial score (nSPS) is 10.6. The molecule has 0 saturated heterocycles. The summed E-state index contributed by atoms with van der Waals surface area (Å²) in [6.45, 7) is 4.42. The van der Waals surface area contributed by atoms with Crippen molar-refractivity contribution < 1.29 is 9.53 Å². The molecule has 0 aliphatic heterocycles. The number of ether oxygens (including phenoxy) is 1. The summed E-state index contributed by atoms with van der Waals surface area (Å²) >= 11 is 0. The zero-order valence-corrected chi connectivity index (χ0v) is 17.1. The lowest BCUT2D eigenvalue weighted by atomic mass is 10.0. The van der Waals surface area contributed by atoms with Gasteiger partial charge in [-0.05, 0) is 72.5 Å². The number of carbonyl (C=O) groups is 1. The molecule has 1 amide bonds. The highest BCUT2D eigenvalue weighted by Gasteiger charge is 2.05. The number of benzene rings is 3. The molecule has 0 aliphatic rings. The van der Waals surface area contributed by atoms with Crippen molar-refractivity contribution in [3.05, 3.63) is 100 Å². The van der Waals surface area contributed by atoms with E-state index in [0.29, 0.717) is 24.3 Å². The third-order valence-electron chi connectivity index (χ3n) is 4.59. The van der Waals surface area contributed by atoms with E-state index in [0.717, 1.165) is 22.3 Å². The summed E-state index contributed by atoms with van der Waals surface area (Å²) in [6, 6.07) is 22.9. The van der Waals surface area contributed by atoms with Gasteiger partial charge in [0.1, 0.15) is 12.4 Å². The van der Waals surface area contributed by atoms with Crippen LogP contribution in [0.3, 0.4) is 0 Å². The van der Waals surface area contributed by atoms with Crippen LogP contribution in [0.5, 0.6) is 5.75 Å². The third kappa shape index (κ3) is 6.05. The van der Waals surface area contributed by atoms with Crippen LogP contribution in [0.4, 0.5) is 0 Å². The van der Waals surface area contributed by atoms with Crippen LogP contribution in [0.25, 0.3) is 0 Å². The Kier molecular flexibility index (Phi) is 6.96. The largest absolute Gasteiger partial charge is 0.489 e. The molecule has 0 saturated carbocycles. The number of hydrazone groups is 1. The predicted octanol–water partition coefficient (Wildman–Crippen LogP) is 4.45. The zero-order valence-electron chi connectivity index (χ0n) is 17.1. The highest BCUT2D eigenvalue weighted by molar-refractivity contribution is 5.83. The molecule has 0 atom stereocenters. The predicted molar refractivity (Wildman–Crippen MR) is 117 cm³/mol. The zero-order chi connectivity index (χ0) is 21.3. The van der Waals surface area contributed by atoms with Gasteiger partial charge in [0.05, 0.1) is 24.3 Å². The molecule has 0 fully saturated rings. The fourth-order valence-electron chi connectivity index (χ4n) is 2.98. The Morgan fingerprint density at radius 3 is 2.63 bits per heavy atom. The molecule has 5 heteroatoms. The van der Waals surface area contributed by atoms with E-state index in [2.05, 4.69) is 22.7 Å². The lowest BCUT2D eigenvalue weighted by molar-refractivity contribution is -0.120. The van der Waals surface area contributed by atoms with E-state index in [4.69, 9.17) is 10.00 Å². The van der Waals surface area contributed by atoms with Gasteiger partial charge in [0.15, 0.2) is 0 Å². The second-order valence-electron chi connectivity index (χ2n) is 7.07. The first-order valence-corrected chi connectivity index (χ1v) is 9.63. The van der Waals surface area contributed by atoms with Gasteiger partial charge in [-0.2, -0.15) is 10.4 Å². The summed E-state index contributed by atoms with van der Waals surface area (Å²) in [5.74, 6) is 0.561. The summed E-state index contributed by atoms with van der Waals surface area (Å²) < 4.78 is 5.75. The van der Waals surface area contributed by atoms with Gasteiger partial charge >= 0.3 is 0 Å². The molecule has 0 aliphatic carbocycles. The number of nitrogens with one attached hydrogen (secondary N) is 1. The maximum Gasteiger partial charge on any atom is 0.244 e. The molecule has 1 N–H and O–H groups in total. The average molecular weight is 397 g/mol. The summed E-state index contributed by atoms with van der Waals surface area (Å²) in [4.78, 5) is 12.1. The van der Waals surface area contributed by atoms with Crippen LogP contribution >= 0.6 is 0 Å². The van der Waals surface area contributed by atoms with Crippen molar-refractivity contribution in [3.8, 4) is 11.8 Å². The molecular weight excluding hydrogens is 374 g/mol. The lowest BCUT2D eigenvalue weighted by Crippen LogP contribution is -2.20. The van der Waals surface area contributed by atoms with Crippen LogP contribution in [0.1, 0.15) is 33.4 Å². The molecule has 3 rings (SSSR count). The number of rotatable bonds is 7. The van der Waals surface area contributed by atoms with Gasteiger partial charge in [0.25, 0.3) is 0 Å². The Bertz CT molecular complexity index is 1100. The second kappa shape index (κ2) is 10.0. The smallest absolute Gasteiger partial charge is 0.244 e. The molecule has 30 heavy (non-hydrogen) atoms. The van der Waals surface area contributed by atoms with Crippen molar-refractivity contribution >= 4 is 12.1 Å². The number of aryl methyl sites for hydroxylation is 2. The molecule has 5 nitrogen and oxygen atoms in total. The van der Waals surface area contributed by atoms with Crippen molar-refractivity contribution in [2.24, 2.45) is 5.10 Å². The van der Waals surface area contributed by atoms with E-state index in [1.54, 1.807) is 12.3 Å². The van der Waals surface area contributed by atoms with Crippen LogP contribution in [0.15, 0.2) is 71.8 Å². The SMILES string of the molecule is Cc1ccc(CC(=O)N/N=C/c2ccc(OCc3cccc(C#N)c3)cc2)c(C)c1. The molecule has 150 valence electrons. The van der Waals surface area contributed by atoms with Crippen molar-refractivity contribution in [3.63, 3.8) is 0 Å². The first-order chi connectivity index (χ1) is 14.5. The van der Waals surface area contributed by atoms with E-state index in [1.165, 1.54) is 5.56 Å². The first kappa shape index (κ1) is 20.8. The van der Waals surface area contributed by atoms with Gasteiger partial charge in [-0.15, -0.1) is 0 Å². The van der Waals surface area contributed by atoms with Crippen molar-refractivity contribution in [2.45, 2.75) is 26.9 Å². The fraction of sp³-hybridized carbons (Fsp3) is 0.160. The van der Waals surface area contributed by atoms with Crippen molar-refractivity contribution in [1.29, 1.82) is 5.26 Å². The van der Waals surface area contributed by atoms with Gasteiger partial charge in [0, 0.05) is 0 Å². The van der Waals surface area contributed by atoms with E-state index >= 15 is 0 Å². The molecule has 0 unspecified atom stereocenters. The number of hydrogen-bond acceptors (Lipinski definition) is 4. The second-order valence-corrected chi connectivity index (χ2v) is 7.07. The Morgan fingerprint density at radius 1 is 1.10 bits per heavy atom. The minimum Gasteiger partial charge on any atom is -0.489 e. The quantitative estimate of drug-likeness (QED) is 0.473. The van der Waals surface area contributed by atoms with Gasteiger partial charge < -0.3 is 4.74 Å². The standard InChI is InChI=1S/C25H23N3O2/c1-18-6-9-23(19(2)12-18)14-25(29)28-27-16-20-7-10-24(11-8-20)30-17-22-5-3-4-21(13-22)15-26/h3-13,16H,14,17H2,1-2H3,(H,28,29)/b27-16+. The number of nitrogens with zero attached hydrogens (tertiary/aromatic N) is 2. The first-order valence-electron chi connectivity index (χ1n) is 9.63. The molecule has 3 aromatic rings. The number of hydrogen-bond donors (Lipinski definition) is 1. The lowest BCUT2D eigenvalue weighted by Gasteiger charge is -2.07. The summed E-state index contributed by atoms with van der Waals surface area (Å²) in [5, 5.41) is 13.0. The molecule has 0 radical (unpaired) electrons. The average Bonchev–Trinajstić information content (AvgIpc) is 2.75. The molecule has 0 heterocycles. The highest BCUT2D eigenvalue weighted by Crippen LogP contribution is 2.14. The molecule has 3 aromatic carbocycles. The fourth-order valence-corrected chi connectivity index (χ4v) is 2.98. The Hall–Kier alpha value is -3.91. The molecule has 0 aromatic heterocycles. The van der Waals surface area contributed by atoms with Gasteiger partial charge in [-0.3, -0.25) is 4.79 Å².